The SMILES string of the molecule is Cc1cc(O)cc2c1C(=O)c1c(O)ccc(O)c1C2=O. The van der Waals surface area contributed by atoms with Crippen molar-refractivity contribution in [3.8, 4) is 17.2 Å². The van der Waals surface area contributed by atoms with E-state index >= 15 is 0 Å². The van der Waals surface area contributed by atoms with E-state index in [2.05, 4.69) is 0 Å². The maximum Gasteiger partial charge on any atom is 0.198 e. The van der Waals surface area contributed by atoms with Crippen LogP contribution in [-0.2, 0) is 0 Å². The van der Waals surface area contributed by atoms with Crippen molar-refractivity contribution in [2.24, 2.45) is 0 Å². The molecule has 0 saturated heterocycles. The van der Waals surface area contributed by atoms with Gasteiger partial charge in [0.2, 0.25) is 0 Å². The zero-order valence-corrected chi connectivity index (χ0v) is 10.5. The van der Waals surface area contributed by atoms with Crippen LogP contribution in [0.25, 0.3) is 0 Å². The number of aromatic hydroxyl groups is 3. The molecule has 3 rings (SSSR count). The number of carbonyl (C=O) groups is 2. The summed E-state index contributed by atoms with van der Waals surface area (Å²) in [6.07, 6.45) is 0. The second-order valence-electron chi connectivity index (χ2n) is 4.70. The summed E-state index contributed by atoms with van der Waals surface area (Å²) < 4.78 is 0. The number of carbonyl (C=O) groups excluding carboxylic acids is 2. The summed E-state index contributed by atoms with van der Waals surface area (Å²) in [4.78, 5) is 24.9. The van der Waals surface area contributed by atoms with Crippen molar-refractivity contribution in [2.75, 3.05) is 0 Å². The van der Waals surface area contributed by atoms with E-state index in [0.717, 1.165) is 6.07 Å². The molecule has 0 spiro atoms. The molecule has 1 aliphatic carbocycles. The first-order valence-electron chi connectivity index (χ1n) is 5.89. The molecular formula is C15H10O5. The Hall–Kier alpha value is -2.82. The van der Waals surface area contributed by atoms with Gasteiger partial charge in [0.05, 0.1) is 11.1 Å². The third-order valence-electron chi connectivity index (χ3n) is 3.41. The molecule has 100 valence electrons. The predicted octanol–water partition coefficient (Wildman–Crippen LogP) is 1.89. The van der Waals surface area contributed by atoms with Gasteiger partial charge in [0, 0.05) is 11.1 Å². The van der Waals surface area contributed by atoms with Crippen molar-refractivity contribution in [1.29, 1.82) is 0 Å². The zero-order chi connectivity index (χ0) is 14.6. The molecule has 0 atom stereocenters. The Labute approximate surface area is 113 Å². The minimum absolute atomic E-state index is 0.0286. The summed E-state index contributed by atoms with van der Waals surface area (Å²) in [5.74, 6) is -2.00. The van der Waals surface area contributed by atoms with E-state index in [4.69, 9.17) is 0 Å². The molecule has 2 aromatic rings. The summed E-state index contributed by atoms with van der Waals surface area (Å²) in [6.45, 7) is 1.59. The van der Waals surface area contributed by atoms with Crippen LogP contribution < -0.4 is 0 Å². The highest BCUT2D eigenvalue weighted by Crippen LogP contribution is 2.39. The van der Waals surface area contributed by atoms with Gasteiger partial charge in [-0.3, -0.25) is 9.59 Å². The van der Waals surface area contributed by atoms with E-state index in [0.29, 0.717) is 5.56 Å². The standard InChI is InChI=1S/C15H10O5/c1-6-4-7(16)5-8-11(6)15(20)13-10(18)3-2-9(17)12(13)14(8)19/h2-5,16-18H,1H3. The largest absolute Gasteiger partial charge is 0.508 e. The Bertz CT molecular complexity index is 789. The highest BCUT2D eigenvalue weighted by Gasteiger charge is 2.35. The van der Waals surface area contributed by atoms with Crippen molar-refractivity contribution < 1.29 is 24.9 Å². The predicted molar refractivity (Wildman–Crippen MR) is 69.5 cm³/mol. The Morgan fingerprint density at radius 3 is 1.95 bits per heavy atom. The molecule has 2 aromatic carbocycles. The van der Waals surface area contributed by atoms with Gasteiger partial charge in [0.15, 0.2) is 11.6 Å². The highest BCUT2D eigenvalue weighted by atomic mass is 16.3. The van der Waals surface area contributed by atoms with Crippen molar-refractivity contribution in [2.45, 2.75) is 6.92 Å². The molecule has 0 bridgehead atoms. The van der Waals surface area contributed by atoms with Gasteiger partial charge in [-0.1, -0.05) is 0 Å². The fourth-order valence-electron chi connectivity index (χ4n) is 2.55. The highest BCUT2D eigenvalue weighted by molar-refractivity contribution is 6.30. The molecule has 0 aliphatic heterocycles. The number of benzene rings is 2. The maximum atomic E-state index is 12.5. The maximum absolute atomic E-state index is 12.5. The topological polar surface area (TPSA) is 94.8 Å². The minimum Gasteiger partial charge on any atom is -0.508 e. The van der Waals surface area contributed by atoms with Gasteiger partial charge in [-0.05, 0) is 36.8 Å². The average Bonchev–Trinajstić information content (AvgIpc) is 2.37. The first-order chi connectivity index (χ1) is 9.41. The van der Waals surface area contributed by atoms with Gasteiger partial charge in [-0.2, -0.15) is 0 Å². The summed E-state index contributed by atoms with van der Waals surface area (Å²) in [5.41, 5.74) is 0.178. The van der Waals surface area contributed by atoms with Gasteiger partial charge < -0.3 is 15.3 Å². The van der Waals surface area contributed by atoms with Crippen molar-refractivity contribution in [3.05, 3.63) is 52.1 Å². The van der Waals surface area contributed by atoms with Crippen LogP contribution in [0.15, 0.2) is 24.3 Å². The molecule has 0 aromatic heterocycles. The second kappa shape index (κ2) is 3.84. The number of fused-ring (bicyclic) bond motifs is 2. The molecular weight excluding hydrogens is 260 g/mol. The lowest BCUT2D eigenvalue weighted by Crippen LogP contribution is -2.22. The Kier molecular flexibility index (Phi) is 2.34. The summed E-state index contributed by atoms with van der Waals surface area (Å²) in [7, 11) is 0. The average molecular weight is 270 g/mol. The number of ketones is 2. The van der Waals surface area contributed by atoms with Crippen LogP contribution in [0.4, 0.5) is 0 Å². The molecule has 1 aliphatic rings. The van der Waals surface area contributed by atoms with Gasteiger partial charge in [-0.25, -0.2) is 0 Å². The molecule has 5 nitrogen and oxygen atoms in total. The Morgan fingerprint density at radius 1 is 0.800 bits per heavy atom. The van der Waals surface area contributed by atoms with Gasteiger partial charge in [0.1, 0.15) is 17.2 Å². The first-order valence-corrected chi connectivity index (χ1v) is 5.89. The van der Waals surface area contributed by atoms with Crippen molar-refractivity contribution >= 4 is 11.6 Å². The van der Waals surface area contributed by atoms with Crippen LogP contribution in [0.1, 0.15) is 37.4 Å². The fraction of sp³-hybridized carbons (Fsp3) is 0.0667. The summed E-state index contributed by atoms with van der Waals surface area (Å²) in [5, 5.41) is 29.2. The van der Waals surface area contributed by atoms with E-state index in [1.807, 2.05) is 0 Å². The number of rotatable bonds is 0. The van der Waals surface area contributed by atoms with E-state index in [1.165, 1.54) is 18.2 Å². The molecule has 0 heterocycles. The molecule has 0 saturated carbocycles. The number of phenolic OH excluding ortho intramolecular Hbond substituents is 3. The zero-order valence-electron chi connectivity index (χ0n) is 10.5. The second-order valence-corrected chi connectivity index (χ2v) is 4.70. The normalized spacial score (nSPS) is 13.1. The molecule has 20 heavy (non-hydrogen) atoms. The van der Waals surface area contributed by atoms with Crippen LogP contribution in [-0.4, -0.2) is 26.9 Å². The monoisotopic (exact) mass is 270 g/mol. The van der Waals surface area contributed by atoms with Crippen LogP contribution >= 0.6 is 0 Å². The molecule has 0 amide bonds. The Morgan fingerprint density at radius 2 is 1.35 bits per heavy atom. The van der Waals surface area contributed by atoms with Gasteiger partial charge in [0.25, 0.3) is 0 Å². The number of aryl methyl sites for hydroxylation is 1. The van der Waals surface area contributed by atoms with Crippen LogP contribution in [0.3, 0.4) is 0 Å². The smallest absolute Gasteiger partial charge is 0.198 e. The van der Waals surface area contributed by atoms with E-state index in [1.54, 1.807) is 6.92 Å². The van der Waals surface area contributed by atoms with Gasteiger partial charge in [-0.15, -0.1) is 0 Å². The summed E-state index contributed by atoms with van der Waals surface area (Å²) in [6, 6.07) is 4.88. The fourth-order valence-corrected chi connectivity index (χ4v) is 2.55. The number of phenols is 3. The lowest BCUT2D eigenvalue weighted by molar-refractivity contribution is 0.0973. The first kappa shape index (κ1) is 12.2. The molecule has 3 N–H and O–H groups in total. The minimum atomic E-state index is -0.595. The van der Waals surface area contributed by atoms with Crippen molar-refractivity contribution in [1.82, 2.24) is 0 Å². The molecule has 0 radical (unpaired) electrons. The molecule has 0 unspecified atom stereocenters. The quantitative estimate of drug-likeness (QED) is 0.542. The third kappa shape index (κ3) is 1.43. The van der Waals surface area contributed by atoms with Crippen molar-refractivity contribution in [3.63, 3.8) is 0 Å². The number of hydrogen-bond donors (Lipinski definition) is 3. The van der Waals surface area contributed by atoms with Crippen LogP contribution in [0.5, 0.6) is 17.2 Å². The molecule has 5 heteroatoms. The summed E-state index contributed by atoms with van der Waals surface area (Å²) >= 11 is 0. The molecule has 0 fully saturated rings. The van der Waals surface area contributed by atoms with E-state index in [-0.39, 0.29) is 39.5 Å². The van der Waals surface area contributed by atoms with Crippen LogP contribution in [0.2, 0.25) is 0 Å². The van der Waals surface area contributed by atoms with Gasteiger partial charge >= 0.3 is 0 Å². The van der Waals surface area contributed by atoms with E-state index < -0.39 is 11.6 Å². The number of hydrogen-bond acceptors (Lipinski definition) is 5. The third-order valence-corrected chi connectivity index (χ3v) is 3.41. The Balaban J connectivity index is 2.43. The lowest BCUT2D eigenvalue weighted by Gasteiger charge is -2.20. The van der Waals surface area contributed by atoms with E-state index in [9.17, 15) is 24.9 Å². The lowest BCUT2D eigenvalue weighted by atomic mass is 9.81. The van der Waals surface area contributed by atoms with Crippen LogP contribution in [0, 0.1) is 6.92 Å².